The fraction of sp³-hybridized carbons (Fsp3) is 0.667. The van der Waals surface area contributed by atoms with Gasteiger partial charge in [0.25, 0.3) is 0 Å². The Hall–Kier alpha value is -0.670. The lowest BCUT2D eigenvalue weighted by Gasteiger charge is -1.89. The molecule has 0 saturated carbocycles. The maximum atomic E-state index is 10.4. The second-order valence-corrected chi connectivity index (χ2v) is 2.48. The van der Waals surface area contributed by atoms with Crippen LogP contribution in [0.3, 0.4) is 0 Å². The van der Waals surface area contributed by atoms with E-state index in [1.165, 1.54) is 0 Å². The minimum absolute atomic E-state index is 0.209. The van der Waals surface area contributed by atoms with E-state index in [9.17, 15) is 9.36 Å². The number of rotatable bonds is 1. The van der Waals surface area contributed by atoms with Gasteiger partial charge >= 0.3 is 14.3 Å². The van der Waals surface area contributed by atoms with Gasteiger partial charge in [-0.1, -0.05) is 4.67 Å². The SMILES string of the molecule is O=C1OCCN1[P+](=O)O. The average molecular weight is 150 g/mol. The molecule has 1 atom stereocenters. The molecule has 1 fully saturated rings. The summed E-state index contributed by atoms with van der Waals surface area (Å²) < 4.78 is 15.3. The fourth-order valence-corrected chi connectivity index (χ4v) is 0.991. The van der Waals surface area contributed by atoms with Crippen LogP contribution in [0.15, 0.2) is 0 Å². The van der Waals surface area contributed by atoms with E-state index in [2.05, 4.69) is 4.74 Å². The lowest BCUT2D eigenvalue weighted by molar-refractivity contribution is 0.169. The van der Waals surface area contributed by atoms with Crippen LogP contribution in [0.2, 0.25) is 0 Å². The number of hydrogen-bond acceptors (Lipinski definition) is 3. The largest absolute Gasteiger partial charge is 0.648 e. The number of amides is 1. The molecular formula is C3H5NO4P+. The van der Waals surface area contributed by atoms with Crippen LogP contribution >= 0.6 is 8.18 Å². The first-order valence-electron chi connectivity index (χ1n) is 2.32. The van der Waals surface area contributed by atoms with Crippen LogP contribution in [0.4, 0.5) is 4.79 Å². The van der Waals surface area contributed by atoms with Crippen molar-refractivity contribution in [2.75, 3.05) is 13.2 Å². The predicted octanol–water partition coefficient (Wildman–Crippen LogP) is 0.0883. The van der Waals surface area contributed by atoms with E-state index in [1.807, 2.05) is 0 Å². The molecule has 0 bridgehead atoms. The lowest BCUT2D eigenvalue weighted by Crippen LogP contribution is -2.14. The molecule has 9 heavy (non-hydrogen) atoms. The molecule has 1 heterocycles. The van der Waals surface area contributed by atoms with E-state index in [1.54, 1.807) is 0 Å². The number of nitrogens with zero attached hydrogens (tertiary/aromatic N) is 1. The Balaban J connectivity index is 2.60. The average Bonchev–Trinajstić information content (AvgIpc) is 2.13. The normalized spacial score (nSPS) is 19.9. The van der Waals surface area contributed by atoms with E-state index in [0.717, 1.165) is 4.67 Å². The van der Waals surface area contributed by atoms with Gasteiger partial charge in [-0.25, -0.2) is 4.79 Å². The molecule has 5 nitrogen and oxygen atoms in total. The number of carbonyl (C=O) groups excluding carboxylic acids is 1. The van der Waals surface area contributed by atoms with Crippen LogP contribution in [-0.4, -0.2) is 28.8 Å². The molecule has 1 saturated heterocycles. The van der Waals surface area contributed by atoms with Crippen LogP contribution in [0.5, 0.6) is 0 Å². The number of hydrogen-bond donors (Lipinski definition) is 1. The maximum absolute atomic E-state index is 10.4. The van der Waals surface area contributed by atoms with Gasteiger partial charge in [0.05, 0.1) is 0 Å². The molecular weight excluding hydrogens is 145 g/mol. The van der Waals surface area contributed by atoms with E-state index in [4.69, 9.17) is 4.89 Å². The first kappa shape index (κ1) is 6.45. The van der Waals surface area contributed by atoms with Gasteiger partial charge in [-0.05, 0) is 4.57 Å². The number of cyclic esters (lactones) is 1. The van der Waals surface area contributed by atoms with Crippen molar-refractivity contribution < 1.29 is 19.0 Å². The molecule has 50 valence electrons. The standard InChI is InChI=1S/C3H4NO4P/c5-3-4(9(6)7)1-2-8-3/h1-2H2/p+1. The second-order valence-electron chi connectivity index (χ2n) is 1.49. The fourth-order valence-electron chi connectivity index (χ4n) is 0.541. The summed E-state index contributed by atoms with van der Waals surface area (Å²) in [7, 11) is -2.53. The Morgan fingerprint density at radius 1 is 1.78 bits per heavy atom. The third-order valence-corrected chi connectivity index (χ3v) is 1.72. The third-order valence-electron chi connectivity index (χ3n) is 0.946. The predicted molar refractivity (Wildman–Crippen MR) is 27.9 cm³/mol. The Morgan fingerprint density at radius 3 is 2.67 bits per heavy atom. The molecule has 0 aromatic rings. The minimum atomic E-state index is -2.53. The van der Waals surface area contributed by atoms with Crippen LogP contribution in [0.25, 0.3) is 0 Å². The summed E-state index contributed by atoms with van der Waals surface area (Å²) >= 11 is 0. The summed E-state index contributed by atoms with van der Waals surface area (Å²) in [5.41, 5.74) is 0. The van der Waals surface area contributed by atoms with E-state index in [0.29, 0.717) is 0 Å². The highest BCUT2D eigenvalue weighted by Gasteiger charge is 2.37. The van der Waals surface area contributed by atoms with Crippen molar-refractivity contribution in [2.24, 2.45) is 0 Å². The zero-order chi connectivity index (χ0) is 6.85. The summed E-state index contributed by atoms with van der Waals surface area (Å²) in [4.78, 5) is 18.7. The van der Waals surface area contributed by atoms with Gasteiger partial charge in [0.15, 0.2) is 0 Å². The molecule has 1 rings (SSSR count). The van der Waals surface area contributed by atoms with Crippen LogP contribution < -0.4 is 0 Å². The lowest BCUT2D eigenvalue weighted by atomic mass is 10.7. The molecule has 1 unspecified atom stereocenters. The highest BCUT2D eigenvalue weighted by Crippen LogP contribution is 2.24. The highest BCUT2D eigenvalue weighted by atomic mass is 31.1. The van der Waals surface area contributed by atoms with Crippen molar-refractivity contribution in [3.8, 4) is 0 Å². The molecule has 0 spiro atoms. The Bertz CT molecular complexity index is 158. The zero-order valence-corrected chi connectivity index (χ0v) is 5.38. The quantitative estimate of drug-likeness (QED) is 0.538. The van der Waals surface area contributed by atoms with Crippen LogP contribution in [0, 0.1) is 0 Å². The Labute approximate surface area is 52.1 Å². The molecule has 0 aliphatic carbocycles. The van der Waals surface area contributed by atoms with Gasteiger partial charge in [0, 0.05) is 0 Å². The smallest absolute Gasteiger partial charge is 0.445 e. The molecule has 6 heteroatoms. The van der Waals surface area contributed by atoms with Gasteiger partial charge in [-0.3, -0.25) is 0 Å². The first-order chi connectivity index (χ1) is 4.22. The third kappa shape index (κ3) is 1.17. The van der Waals surface area contributed by atoms with Gasteiger partial charge in [0.1, 0.15) is 13.2 Å². The van der Waals surface area contributed by atoms with Crippen molar-refractivity contribution in [3.05, 3.63) is 0 Å². The molecule has 1 aliphatic heterocycles. The molecule has 1 N–H and O–H groups in total. The van der Waals surface area contributed by atoms with Crippen molar-refractivity contribution in [2.45, 2.75) is 0 Å². The summed E-state index contributed by atoms with van der Waals surface area (Å²) in [6, 6.07) is 0. The van der Waals surface area contributed by atoms with Crippen molar-refractivity contribution in [1.29, 1.82) is 0 Å². The van der Waals surface area contributed by atoms with Crippen molar-refractivity contribution in [1.82, 2.24) is 4.67 Å². The Morgan fingerprint density at radius 2 is 2.44 bits per heavy atom. The maximum Gasteiger partial charge on any atom is 0.648 e. The molecule has 0 radical (unpaired) electrons. The van der Waals surface area contributed by atoms with Crippen molar-refractivity contribution >= 4 is 14.3 Å². The van der Waals surface area contributed by atoms with Gasteiger partial charge in [-0.2, -0.15) is 0 Å². The monoisotopic (exact) mass is 150 g/mol. The minimum Gasteiger partial charge on any atom is -0.445 e. The summed E-state index contributed by atoms with van der Waals surface area (Å²) in [6.45, 7) is 0.422. The van der Waals surface area contributed by atoms with E-state index >= 15 is 0 Å². The van der Waals surface area contributed by atoms with E-state index in [-0.39, 0.29) is 13.2 Å². The molecule has 1 amide bonds. The van der Waals surface area contributed by atoms with Crippen LogP contribution in [0.1, 0.15) is 0 Å². The van der Waals surface area contributed by atoms with Gasteiger partial charge < -0.3 is 4.74 Å². The van der Waals surface area contributed by atoms with Gasteiger partial charge in [0.2, 0.25) is 0 Å². The number of ether oxygens (including phenoxy) is 1. The second kappa shape index (κ2) is 2.29. The molecule has 0 aromatic heterocycles. The summed E-state index contributed by atoms with van der Waals surface area (Å²) in [6.07, 6.45) is -0.710. The van der Waals surface area contributed by atoms with Crippen molar-refractivity contribution in [3.63, 3.8) is 0 Å². The number of carbonyl (C=O) groups is 1. The summed E-state index contributed by atoms with van der Waals surface area (Å²) in [5, 5.41) is 0. The van der Waals surface area contributed by atoms with Crippen LogP contribution in [-0.2, 0) is 9.30 Å². The van der Waals surface area contributed by atoms with E-state index < -0.39 is 14.3 Å². The zero-order valence-electron chi connectivity index (χ0n) is 4.48. The molecule has 1 aliphatic rings. The van der Waals surface area contributed by atoms with Gasteiger partial charge in [-0.15, -0.1) is 4.89 Å². The molecule has 0 aromatic carbocycles. The highest BCUT2D eigenvalue weighted by molar-refractivity contribution is 7.36. The summed E-state index contributed by atoms with van der Waals surface area (Å²) in [5.74, 6) is 0. The Kier molecular flexibility index (Phi) is 1.64. The first-order valence-corrected chi connectivity index (χ1v) is 3.48. The topological polar surface area (TPSA) is 66.8 Å².